The lowest BCUT2D eigenvalue weighted by Crippen LogP contribution is -2.28. The molecule has 0 aromatic heterocycles. The van der Waals surface area contributed by atoms with Crippen molar-refractivity contribution in [2.75, 3.05) is 13.2 Å². The fourth-order valence-electron chi connectivity index (χ4n) is 1.30. The van der Waals surface area contributed by atoms with E-state index in [1.54, 1.807) is 12.1 Å². The van der Waals surface area contributed by atoms with E-state index < -0.39 is 5.82 Å². The van der Waals surface area contributed by atoms with Gasteiger partial charge in [0.25, 0.3) is 0 Å². The molecule has 1 atom stereocenters. The average molecular weight is 232 g/mol. The molecule has 2 N–H and O–H groups in total. The standard InChI is InChI=1S/C11H15ClFNO/c1-2-15-7-9(14)5-8-3-4-10(12)11(13)6-8/h3-4,6,9H,2,5,7,14H2,1H3. The van der Waals surface area contributed by atoms with Crippen molar-refractivity contribution in [2.24, 2.45) is 5.73 Å². The van der Waals surface area contributed by atoms with Gasteiger partial charge >= 0.3 is 0 Å². The minimum atomic E-state index is -0.405. The van der Waals surface area contributed by atoms with Crippen LogP contribution in [0.3, 0.4) is 0 Å². The second-order valence-corrected chi connectivity index (χ2v) is 3.78. The summed E-state index contributed by atoms with van der Waals surface area (Å²) >= 11 is 5.57. The van der Waals surface area contributed by atoms with Crippen molar-refractivity contribution < 1.29 is 9.13 Å². The number of benzene rings is 1. The molecular weight excluding hydrogens is 217 g/mol. The number of hydrogen-bond acceptors (Lipinski definition) is 2. The van der Waals surface area contributed by atoms with Gasteiger partial charge in [0.15, 0.2) is 0 Å². The second kappa shape index (κ2) is 6.05. The molecule has 0 radical (unpaired) electrons. The molecule has 4 heteroatoms. The Hall–Kier alpha value is -0.640. The van der Waals surface area contributed by atoms with E-state index in [1.807, 2.05) is 6.92 Å². The number of nitrogens with two attached hydrogens (primary N) is 1. The van der Waals surface area contributed by atoms with Crippen molar-refractivity contribution in [3.05, 3.63) is 34.6 Å². The van der Waals surface area contributed by atoms with Crippen LogP contribution in [0, 0.1) is 5.82 Å². The summed E-state index contributed by atoms with van der Waals surface area (Å²) in [6, 6.07) is 4.62. The Bertz CT molecular complexity index is 319. The van der Waals surface area contributed by atoms with Gasteiger partial charge in [0.2, 0.25) is 0 Å². The second-order valence-electron chi connectivity index (χ2n) is 3.37. The van der Waals surface area contributed by atoms with Gasteiger partial charge in [-0.1, -0.05) is 17.7 Å². The quantitative estimate of drug-likeness (QED) is 0.845. The first-order valence-corrected chi connectivity index (χ1v) is 5.28. The van der Waals surface area contributed by atoms with Crippen LogP contribution in [0.1, 0.15) is 12.5 Å². The zero-order chi connectivity index (χ0) is 11.3. The molecule has 0 bridgehead atoms. The fraction of sp³-hybridized carbons (Fsp3) is 0.455. The maximum atomic E-state index is 13.1. The third kappa shape index (κ3) is 4.16. The molecule has 0 fully saturated rings. The van der Waals surface area contributed by atoms with Gasteiger partial charge in [-0.15, -0.1) is 0 Å². The van der Waals surface area contributed by atoms with E-state index in [0.29, 0.717) is 19.6 Å². The first-order valence-electron chi connectivity index (χ1n) is 4.90. The van der Waals surface area contributed by atoms with E-state index in [2.05, 4.69) is 0 Å². The van der Waals surface area contributed by atoms with Crippen LogP contribution in [0.25, 0.3) is 0 Å². The van der Waals surface area contributed by atoms with Crippen molar-refractivity contribution in [1.29, 1.82) is 0 Å². The van der Waals surface area contributed by atoms with Crippen LogP contribution in [-0.4, -0.2) is 19.3 Å². The molecule has 2 nitrogen and oxygen atoms in total. The number of halogens is 2. The summed E-state index contributed by atoms with van der Waals surface area (Å²) in [4.78, 5) is 0. The van der Waals surface area contributed by atoms with E-state index in [-0.39, 0.29) is 11.1 Å². The fourth-order valence-corrected chi connectivity index (χ4v) is 1.42. The van der Waals surface area contributed by atoms with Crippen molar-refractivity contribution in [2.45, 2.75) is 19.4 Å². The van der Waals surface area contributed by atoms with E-state index >= 15 is 0 Å². The first-order chi connectivity index (χ1) is 7.13. The molecular formula is C11H15ClFNO. The average Bonchev–Trinajstić information content (AvgIpc) is 2.20. The summed E-state index contributed by atoms with van der Waals surface area (Å²) in [5.74, 6) is -0.405. The van der Waals surface area contributed by atoms with E-state index in [1.165, 1.54) is 6.07 Å². The van der Waals surface area contributed by atoms with Crippen LogP contribution in [-0.2, 0) is 11.2 Å². The van der Waals surface area contributed by atoms with Gasteiger partial charge in [-0.25, -0.2) is 4.39 Å². The van der Waals surface area contributed by atoms with E-state index in [9.17, 15) is 4.39 Å². The molecule has 0 amide bonds. The van der Waals surface area contributed by atoms with E-state index in [0.717, 1.165) is 5.56 Å². The predicted octanol–water partition coefficient (Wildman–Crippen LogP) is 2.39. The maximum Gasteiger partial charge on any atom is 0.142 e. The summed E-state index contributed by atoms with van der Waals surface area (Å²) in [7, 11) is 0. The summed E-state index contributed by atoms with van der Waals surface area (Å²) in [5.41, 5.74) is 6.64. The lowest BCUT2D eigenvalue weighted by atomic mass is 10.1. The predicted molar refractivity (Wildman–Crippen MR) is 59.6 cm³/mol. The Balaban J connectivity index is 2.53. The molecule has 15 heavy (non-hydrogen) atoms. The molecule has 1 unspecified atom stereocenters. The summed E-state index contributed by atoms with van der Waals surface area (Å²) in [6.07, 6.45) is 0.591. The number of ether oxygens (including phenoxy) is 1. The maximum absolute atomic E-state index is 13.1. The van der Waals surface area contributed by atoms with E-state index in [4.69, 9.17) is 22.1 Å². The highest BCUT2D eigenvalue weighted by Gasteiger charge is 2.06. The van der Waals surface area contributed by atoms with Crippen molar-refractivity contribution in [3.8, 4) is 0 Å². The van der Waals surface area contributed by atoms with Crippen LogP contribution < -0.4 is 5.73 Å². The molecule has 1 rings (SSSR count). The lowest BCUT2D eigenvalue weighted by Gasteiger charge is -2.11. The van der Waals surface area contributed by atoms with Gasteiger partial charge in [-0.3, -0.25) is 0 Å². The Morgan fingerprint density at radius 1 is 1.53 bits per heavy atom. The third-order valence-corrected chi connectivity index (χ3v) is 2.32. The lowest BCUT2D eigenvalue weighted by molar-refractivity contribution is 0.133. The number of rotatable bonds is 5. The van der Waals surface area contributed by atoms with Gasteiger partial charge in [0.1, 0.15) is 5.82 Å². The van der Waals surface area contributed by atoms with Crippen LogP contribution in [0.5, 0.6) is 0 Å². The van der Waals surface area contributed by atoms with Gasteiger partial charge in [0.05, 0.1) is 11.6 Å². The molecule has 0 aliphatic heterocycles. The molecule has 0 saturated heterocycles. The van der Waals surface area contributed by atoms with Crippen molar-refractivity contribution in [1.82, 2.24) is 0 Å². The first kappa shape index (κ1) is 12.4. The zero-order valence-corrected chi connectivity index (χ0v) is 9.43. The topological polar surface area (TPSA) is 35.2 Å². The minimum absolute atomic E-state index is 0.106. The highest BCUT2D eigenvalue weighted by atomic mass is 35.5. The van der Waals surface area contributed by atoms with Gasteiger partial charge in [0, 0.05) is 12.6 Å². The molecule has 0 heterocycles. The monoisotopic (exact) mass is 231 g/mol. The Morgan fingerprint density at radius 3 is 2.87 bits per heavy atom. The summed E-state index contributed by atoms with van der Waals surface area (Å²) < 4.78 is 18.3. The Labute approximate surface area is 94.2 Å². The Morgan fingerprint density at radius 2 is 2.27 bits per heavy atom. The highest BCUT2D eigenvalue weighted by molar-refractivity contribution is 6.30. The van der Waals surface area contributed by atoms with Gasteiger partial charge in [-0.2, -0.15) is 0 Å². The van der Waals surface area contributed by atoms with Gasteiger partial charge < -0.3 is 10.5 Å². The SMILES string of the molecule is CCOCC(N)Cc1ccc(Cl)c(F)c1. The van der Waals surface area contributed by atoms with Gasteiger partial charge in [-0.05, 0) is 31.0 Å². The third-order valence-electron chi connectivity index (χ3n) is 2.02. The molecule has 0 saturated carbocycles. The molecule has 1 aromatic carbocycles. The summed E-state index contributed by atoms with van der Waals surface area (Å²) in [6.45, 7) is 3.04. The zero-order valence-electron chi connectivity index (χ0n) is 8.67. The van der Waals surface area contributed by atoms with Crippen molar-refractivity contribution >= 4 is 11.6 Å². The molecule has 0 aliphatic rings. The largest absolute Gasteiger partial charge is 0.380 e. The summed E-state index contributed by atoms with van der Waals surface area (Å²) in [5, 5.41) is 0.136. The van der Waals surface area contributed by atoms with Crippen LogP contribution in [0.15, 0.2) is 18.2 Å². The van der Waals surface area contributed by atoms with Crippen LogP contribution >= 0.6 is 11.6 Å². The van der Waals surface area contributed by atoms with Crippen LogP contribution in [0.4, 0.5) is 4.39 Å². The number of hydrogen-bond donors (Lipinski definition) is 1. The molecule has 1 aromatic rings. The smallest absolute Gasteiger partial charge is 0.142 e. The van der Waals surface area contributed by atoms with Crippen LogP contribution in [0.2, 0.25) is 5.02 Å². The minimum Gasteiger partial charge on any atom is -0.380 e. The Kier molecular flexibility index (Phi) is 5.02. The molecule has 84 valence electrons. The highest BCUT2D eigenvalue weighted by Crippen LogP contribution is 2.16. The normalized spacial score (nSPS) is 12.8. The molecule has 0 aliphatic carbocycles. The van der Waals surface area contributed by atoms with Crippen molar-refractivity contribution in [3.63, 3.8) is 0 Å². The molecule has 0 spiro atoms.